The number of rotatable bonds is 13. The monoisotopic (exact) mass is 366 g/mol. The molecule has 24 heavy (non-hydrogen) atoms. The molecular weight excluding hydrogens is 335 g/mol. The lowest BCUT2D eigenvalue weighted by Gasteiger charge is -2.11. The zero-order valence-electron chi connectivity index (χ0n) is 15.2. The molecule has 1 aromatic rings. The van der Waals surface area contributed by atoms with Crippen LogP contribution in [0.1, 0.15) is 82.3 Å². The van der Waals surface area contributed by atoms with Gasteiger partial charge in [-0.2, -0.15) is 8.42 Å². The molecule has 0 unspecified atom stereocenters. The molecule has 1 rings (SSSR count). The molecule has 0 saturated carbocycles. The third-order valence-corrected chi connectivity index (χ3v) is 6.36. The maximum Gasteiger partial charge on any atom is 0.405 e. The molecule has 0 atom stereocenters. The Labute approximate surface area is 157 Å². The predicted molar refractivity (Wildman–Crippen MR) is 101 cm³/mol. The fourth-order valence-electron chi connectivity index (χ4n) is 3.00. The summed E-state index contributed by atoms with van der Waals surface area (Å²) >= 11 is 1.84. The topological polar surface area (TPSA) is 43.4 Å². The molecule has 0 aliphatic carbocycles. The molecule has 0 spiro atoms. The maximum atomic E-state index is 12.0. The van der Waals surface area contributed by atoms with Crippen molar-refractivity contribution in [2.75, 3.05) is 0 Å². The highest BCUT2D eigenvalue weighted by Crippen LogP contribution is 2.21. The lowest BCUT2D eigenvalue weighted by Crippen LogP contribution is -2.07. The highest BCUT2D eigenvalue weighted by Gasteiger charge is 2.16. The largest absolute Gasteiger partial charge is 0.419 e. The summed E-state index contributed by atoms with van der Waals surface area (Å²) in [6.45, 7) is 4.23. The van der Waals surface area contributed by atoms with E-state index in [0.717, 1.165) is 30.4 Å². The van der Waals surface area contributed by atoms with Crippen LogP contribution in [0.2, 0.25) is 0 Å². The van der Waals surface area contributed by atoms with E-state index in [2.05, 4.69) is 10.2 Å². The van der Waals surface area contributed by atoms with Crippen LogP contribution in [0.3, 0.4) is 0 Å². The minimum Gasteiger partial charge on any atom is -0.419 e. The lowest BCUT2D eigenvalue weighted by atomic mass is 10.0. The van der Waals surface area contributed by atoms with E-state index < -0.39 is 10.1 Å². The molecule has 0 saturated heterocycles. The first-order chi connectivity index (χ1) is 11.5. The molecule has 134 valence electrons. The van der Waals surface area contributed by atoms with E-state index >= 15 is 0 Å². The van der Waals surface area contributed by atoms with Gasteiger partial charge in [0.1, 0.15) is 0 Å². The highest BCUT2D eigenvalue weighted by molar-refractivity contribution is 7.87. The second-order valence-electron chi connectivity index (χ2n) is 6.59. The first-order valence-electron chi connectivity index (χ1n) is 9.24. The molecule has 0 amide bonds. The molecular formula is C19H31AlO3S. The molecule has 0 bridgehead atoms. The number of aryl methyl sites for hydroxylation is 2. The zero-order valence-corrected chi connectivity index (χ0v) is 17.2. The summed E-state index contributed by atoms with van der Waals surface area (Å²) in [5.41, 5.74) is 1.96. The van der Waals surface area contributed by atoms with Gasteiger partial charge in [-0.15, -0.1) is 0 Å². The van der Waals surface area contributed by atoms with Crippen molar-refractivity contribution in [1.29, 1.82) is 0 Å². The summed E-state index contributed by atoms with van der Waals surface area (Å²) in [5, 5.41) is 0. The third-order valence-electron chi connectivity index (χ3n) is 4.41. The maximum absolute atomic E-state index is 12.0. The summed E-state index contributed by atoms with van der Waals surface area (Å²) in [5.74, 6) is 0. The van der Waals surface area contributed by atoms with Gasteiger partial charge >= 0.3 is 16.6 Å². The zero-order chi connectivity index (χ0) is 17.8. The van der Waals surface area contributed by atoms with Gasteiger partial charge in [-0.05, 0) is 31.4 Å². The number of hydrogen-bond donors (Lipinski definition) is 0. The van der Waals surface area contributed by atoms with Crippen molar-refractivity contribution in [1.82, 2.24) is 0 Å². The molecule has 2 radical (unpaired) electrons. The average Bonchev–Trinajstić information content (AvgIpc) is 2.56. The minimum absolute atomic E-state index is 0.305. The van der Waals surface area contributed by atoms with Gasteiger partial charge in [0.2, 0.25) is 0 Å². The first-order valence-corrected chi connectivity index (χ1v) is 11.1. The Bertz CT molecular complexity index is 570. The predicted octanol–water partition coefficient (Wildman–Crippen LogP) is 5.25. The lowest BCUT2D eigenvalue weighted by molar-refractivity contribution is 0.506. The Morgan fingerprint density at radius 2 is 1.46 bits per heavy atom. The van der Waals surface area contributed by atoms with Gasteiger partial charge in [0.05, 0.1) is 4.90 Å². The number of benzene rings is 1. The van der Waals surface area contributed by atoms with E-state index in [-0.39, 0.29) is 0 Å². The Balaban J connectivity index is 2.31. The second-order valence-corrected chi connectivity index (χ2v) is 8.71. The molecule has 1 aromatic carbocycles. The quantitative estimate of drug-likeness (QED) is 0.354. The van der Waals surface area contributed by atoms with Crippen molar-refractivity contribution >= 4 is 26.7 Å². The third kappa shape index (κ3) is 8.16. The molecule has 3 nitrogen and oxygen atoms in total. The smallest absolute Gasteiger partial charge is 0.405 e. The Morgan fingerprint density at radius 1 is 0.917 bits per heavy atom. The molecule has 0 heterocycles. The van der Waals surface area contributed by atoms with Crippen LogP contribution in [0.4, 0.5) is 0 Å². The SMILES string of the molecule is CCCCCCCCCCCCc1cc(C)ccc1S(=O)(=O)[O][Al]. The van der Waals surface area contributed by atoms with Gasteiger partial charge in [-0.3, -0.25) is 0 Å². The van der Waals surface area contributed by atoms with Gasteiger partial charge in [-0.1, -0.05) is 82.4 Å². The van der Waals surface area contributed by atoms with Gasteiger partial charge in [0.25, 0.3) is 10.1 Å². The van der Waals surface area contributed by atoms with Gasteiger partial charge in [-0.25, -0.2) is 0 Å². The fourth-order valence-corrected chi connectivity index (χ4v) is 4.13. The van der Waals surface area contributed by atoms with Gasteiger partial charge < -0.3 is 3.23 Å². The summed E-state index contributed by atoms with van der Waals surface area (Å²) in [6.07, 6.45) is 13.6. The van der Waals surface area contributed by atoms with Gasteiger partial charge in [0, 0.05) is 0 Å². The van der Waals surface area contributed by atoms with Crippen molar-refractivity contribution in [3.8, 4) is 0 Å². The van der Waals surface area contributed by atoms with Crippen molar-refractivity contribution in [3.63, 3.8) is 0 Å². The van der Waals surface area contributed by atoms with E-state index in [9.17, 15) is 8.42 Å². The van der Waals surface area contributed by atoms with Crippen LogP contribution in [-0.4, -0.2) is 25.0 Å². The Hall–Kier alpha value is -0.338. The van der Waals surface area contributed by atoms with Crippen LogP contribution in [0, 0.1) is 6.92 Å². The van der Waals surface area contributed by atoms with Crippen LogP contribution in [0.5, 0.6) is 0 Å². The van der Waals surface area contributed by atoms with Crippen LogP contribution in [0.15, 0.2) is 23.1 Å². The van der Waals surface area contributed by atoms with Crippen LogP contribution < -0.4 is 0 Å². The Morgan fingerprint density at radius 3 is 2.00 bits per heavy atom. The van der Waals surface area contributed by atoms with E-state index in [0.29, 0.717) is 4.90 Å². The summed E-state index contributed by atoms with van der Waals surface area (Å²) in [4.78, 5) is 0.305. The summed E-state index contributed by atoms with van der Waals surface area (Å²) in [6, 6.07) is 5.43. The van der Waals surface area contributed by atoms with Crippen LogP contribution >= 0.6 is 0 Å². The van der Waals surface area contributed by atoms with Crippen molar-refractivity contribution in [2.24, 2.45) is 0 Å². The average molecular weight is 367 g/mol. The van der Waals surface area contributed by atoms with E-state index in [1.54, 1.807) is 6.07 Å². The van der Waals surface area contributed by atoms with Gasteiger partial charge in [0.15, 0.2) is 0 Å². The molecule has 5 heteroatoms. The molecule has 0 N–H and O–H groups in total. The molecule has 0 fully saturated rings. The van der Waals surface area contributed by atoms with Crippen molar-refractivity contribution < 1.29 is 11.7 Å². The minimum atomic E-state index is -3.65. The molecule has 0 aliphatic heterocycles. The van der Waals surface area contributed by atoms with Crippen molar-refractivity contribution in [2.45, 2.75) is 89.4 Å². The normalized spacial score (nSPS) is 11.8. The summed E-state index contributed by atoms with van der Waals surface area (Å²) in [7, 11) is -3.65. The van der Waals surface area contributed by atoms with E-state index in [1.165, 1.54) is 51.4 Å². The van der Waals surface area contributed by atoms with E-state index in [4.69, 9.17) is 0 Å². The second kappa shape index (κ2) is 12.1. The first kappa shape index (κ1) is 21.7. The van der Waals surface area contributed by atoms with E-state index in [1.807, 2.05) is 35.7 Å². The van der Waals surface area contributed by atoms with Crippen molar-refractivity contribution in [3.05, 3.63) is 29.3 Å². The highest BCUT2D eigenvalue weighted by atomic mass is 32.2. The number of unbranched alkanes of at least 4 members (excludes halogenated alkanes) is 9. The summed E-state index contributed by atoms with van der Waals surface area (Å²) < 4.78 is 28.5. The Kier molecular flexibility index (Phi) is 10.9. The van der Waals surface area contributed by atoms with Crippen LogP contribution in [-0.2, 0) is 19.8 Å². The standard InChI is InChI=1S/C19H32O3S.Al/c1-3-4-5-6-7-8-9-10-11-12-13-18-16-17(2)14-15-19(18)23(20,21)22;/h14-16H,3-13H2,1-2H3,(H,20,21,22);/q;+1/p-1. The molecule has 0 aromatic heterocycles. The number of hydrogen-bond acceptors (Lipinski definition) is 3. The fraction of sp³-hybridized carbons (Fsp3) is 0.684. The molecule has 0 aliphatic rings. The van der Waals surface area contributed by atoms with Crippen LogP contribution in [0.25, 0.3) is 0 Å².